The van der Waals surface area contributed by atoms with E-state index >= 15 is 0 Å². The Morgan fingerprint density at radius 3 is 1.57 bits per heavy atom. The largest absolute Gasteiger partial charge is 1.00 e. The van der Waals surface area contributed by atoms with Gasteiger partial charge < -0.3 is 18.9 Å². The second-order valence-corrected chi connectivity index (χ2v) is 9.83. The molecular weight excluding hydrogens is 380 g/mol. The number of nitrogens with zero attached hydrogens (tertiary/aromatic N) is 1. The van der Waals surface area contributed by atoms with Gasteiger partial charge in [-0.25, -0.2) is 0 Å². The molecule has 0 fully saturated rings. The summed E-state index contributed by atoms with van der Waals surface area (Å²) in [7, 11) is -3.68. The molecule has 0 radical (unpaired) electrons. The smallest absolute Gasteiger partial charge is 0.778 e. The van der Waals surface area contributed by atoms with Crippen LogP contribution in [0.2, 0.25) is 0 Å². The fourth-order valence-electron chi connectivity index (χ4n) is 3.24. The molecule has 0 aromatic carbocycles. The van der Waals surface area contributed by atoms with Crippen molar-refractivity contribution >= 4 is 7.60 Å². The second kappa shape index (κ2) is 22.8. The predicted molar refractivity (Wildman–Crippen MR) is 117 cm³/mol. The van der Waals surface area contributed by atoms with Crippen molar-refractivity contribution in [2.45, 2.75) is 111 Å². The summed E-state index contributed by atoms with van der Waals surface area (Å²) in [6.07, 6.45) is 17.3. The van der Waals surface area contributed by atoms with E-state index in [1.54, 1.807) is 0 Å². The van der Waals surface area contributed by atoms with E-state index in [-0.39, 0.29) is 35.7 Å². The van der Waals surface area contributed by atoms with Crippen LogP contribution in [0.25, 0.3) is 0 Å². The van der Waals surface area contributed by atoms with Gasteiger partial charge in [-0.05, 0) is 32.4 Å². The van der Waals surface area contributed by atoms with E-state index in [0.29, 0.717) is 13.2 Å². The molecule has 0 aliphatic carbocycles. The Labute approximate surface area is 198 Å². The van der Waals surface area contributed by atoms with Gasteiger partial charge in [0.15, 0.2) is 0 Å². The number of rotatable bonds is 21. The Morgan fingerprint density at radius 1 is 0.679 bits per heavy atom. The molecule has 0 spiro atoms. The molecule has 164 valence electrons. The summed E-state index contributed by atoms with van der Waals surface area (Å²) in [6.45, 7) is 9.54. The monoisotopic (exact) mass is 427 g/mol. The van der Waals surface area contributed by atoms with Gasteiger partial charge in [-0.15, -0.1) is 0 Å². The van der Waals surface area contributed by atoms with Crippen LogP contribution in [0.15, 0.2) is 0 Å². The van der Waals surface area contributed by atoms with Crippen molar-refractivity contribution in [1.82, 2.24) is 4.90 Å². The molecule has 28 heavy (non-hydrogen) atoms. The molecule has 0 amide bonds. The molecule has 1 atom stereocenters. The van der Waals surface area contributed by atoms with Crippen molar-refractivity contribution < 1.29 is 43.5 Å². The molecule has 0 aliphatic rings. The van der Waals surface area contributed by atoms with E-state index in [1.807, 2.05) is 6.92 Å². The zero-order chi connectivity index (χ0) is 20.2. The van der Waals surface area contributed by atoms with E-state index < -0.39 is 7.60 Å². The molecule has 0 aromatic rings. The van der Waals surface area contributed by atoms with Gasteiger partial charge in [-0.1, -0.05) is 91.4 Å². The first-order chi connectivity index (χ1) is 13.1. The fourth-order valence-corrected chi connectivity index (χ4v) is 4.31. The van der Waals surface area contributed by atoms with Crippen LogP contribution in [-0.4, -0.2) is 37.3 Å². The summed E-state index contributed by atoms with van der Waals surface area (Å²) in [4.78, 5) is 14.4. The SMILES string of the molecule is CCCCCCCCN(CCCCCCCC)CCP(=O)([O-])OCCCC.[Na+]. The van der Waals surface area contributed by atoms with E-state index in [0.717, 1.165) is 25.9 Å². The molecule has 0 aliphatic heterocycles. The van der Waals surface area contributed by atoms with Crippen molar-refractivity contribution in [3.8, 4) is 0 Å². The molecule has 6 heteroatoms. The van der Waals surface area contributed by atoms with Gasteiger partial charge >= 0.3 is 29.6 Å². The summed E-state index contributed by atoms with van der Waals surface area (Å²) in [5, 5.41) is 0. The summed E-state index contributed by atoms with van der Waals surface area (Å²) in [6, 6.07) is 0. The Bertz CT molecular complexity index is 343. The average Bonchev–Trinajstić information content (AvgIpc) is 2.64. The first-order valence-corrected chi connectivity index (χ1v) is 13.5. The van der Waals surface area contributed by atoms with Crippen molar-refractivity contribution in [1.29, 1.82) is 0 Å². The normalized spacial score (nSPS) is 13.5. The Morgan fingerprint density at radius 2 is 1.11 bits per heavy atom. The molecular formula is C22H47NNaO3P. The Kier molecular flexibility index (Phi) is 25.5. The van der Waals surface area contributed by atoms with E-state index in [4.69, 9.17) is 4.52 Å². The van der Waals surface area contributed by atoms with Gasteiger partial charge in [0, 0.05) is 12.7 Å². The minimum atomic E-state index is -3.68. The number of hydrogen-bond donors (Lipinski definition) is 0. The predicted octanol–water partition coefficient (Wildman–Crippen LogP) is 3.38. The molecule has 0 N–H and O–H groups in total. The van der Waals surface area contributed by atoms with Gasteiger partial charge in [-0.2, -0.15) is 0 Å². The quantitative estimate of drug-likeness (QED) is 0.160. The maximum Gasteiger partial charge on any atom is 1.00 e. The summed E-state index contributed by atoms with van der Waals surface area (Å²) < 4.78 is 17.2. The first kappa shape index (κ1) is 31.3. The van der Waals surface area contributed by atoms with Crippen molar-refractivity contribution in [2.24, 2.45) is 0 Å². The van der Waals surface area contributed by atoms with Crippen molar-refractivity contribution in [2.75, 3.05) is 32.4 Å². The van der Waals surface area contributed by atoms with Gasteiger partial charge in [0.2, 0.25) is 0 Å². The van der Waals surface area contributed by atoms with Crippen LogP contribution in [0.5, 0.6) is 0 Å². The van der Waals surface area contributed by atoms with Crippen LogP contribution < -0.4 is 34.5 Å². The third kappa shape index (κ3) is 21.8. The summed E-state index contributed by atoms with van der Waals surface area (Å²) >= 11 is 0. The third-order valence-electron chi connectivity index (χ3n) is 5.13. The molecule has 4 nitrogen and oxygen atoms in total. The maximum absolute atomic E-state index is 12.1. The Hall–Kier alpha value is 1.11. The van der Waals surface area contributed by atoms with Crippen LogP contribution in [-0.2, 0) is 9.09 Å². The van der Waals surface area contributed by atoms with Gasteiger partial charge in [-0.3, -0.25) is 0 Å². The van der Waals surface area contributed by atoms with Crippen molar-refractivity contribution in [3.05, 3.63) is 0 Å². The molecule has 0 rings (SSSR count). The van der Waals surface area contributed by atoms with Crippen LogP contribution in [0.4, 0.5) is 0 Å². The standard InChI is InChI=1S/C22H48NO3P.Na/c1-4-7-10-12-14-16-18-23(19-17-15-13-11-8-5-2)20-22-27(24,25)26-21-9-6-3;/h4-22H2,1-3H3,(H,24,25);/q;+1/p-1. The topological polar surface area (TPSA) is 52.6 Å². The Balaban J connectivity index is 0. The molecule has 0 saturated carbocycles. The van der Waals surface area contributed by atoms with Crippen molar-refractivity contribution in [3.63, 3.8) is 0 Å². The van der Waals surface area contributed by atoms with Gasteiger partial charge in [0.1, 0.15) is 7.60 Å². The molecule has 1 unspecified atom stereocenters. The van der Waals surface area contributed by atoms with Crippen LogP contribution in [0, 0.1) is 0 Å². The summed E-state index contributed by atoms with van der Waals surface area (Å²) in [5.41, 5.74) is 0. The van der Waals surface area contributed by atoms with Gasteiger partial charge in [0.25, 0.3) is 0 Å². The number of hydrogen-bond acceptors (Lipinski definition) is 4. The van der Waals surface area contributed by atoms with Crippen LogP contribution in [0.3, 0.4) is 0 Å². The number of unbranched alkanes of at least 4 members (excludes halogenated alkanes) is 11. The fraction of sp³-hybridized carbons (Fsp3) is 1.00. The van der Waals surface area contributed by atoms with E-state index in [1.165, 1.54) is 77.0 Å². The average molecular weight is 428 g/mol. The second-order valence-electron chi connectivity index (χ2n) is 7.90. The molecule has 0 bridgehead atoms. The van der Waals surface area contributed by atoms with E-state index in [2.05, 4.69) is 18.7 Å². The molecule has 0 saturated heterocycles. The van der Waals surface area contributed by atoms with Crippen LogP contribution >= 0.6 is 7.60 Å². The maximum atomic E-state index is 12.1. The third-order valence-corrected chi connectivity index (χ3v) is 6.46. The first-order valence-electron chi connectivity index (χ1n) is 11.7. The van der Waals surface area contributed by atoms with E-state index in [9.17, 15) is 9.46 Å². The zero-order valence-corrected chi connectivity index (χ0v) is 22.4. The van der Waals surface area contributed by atoms with Gasteiger partial charge in [0.05, 0.1) is 6.61 Å². The minimum Gasteiger partial charge on any atom is -0.778 e. The van der Waals surface area contributed by atoms with Crippen LogP contribution in [0.1, 0.15) is 111 Å². The molecule has 0 aromatic heterocycles. The summed E-state index contributed by atoms with van der Waals surface area (Å²) in [5.74, 6) is 0. The minimum absolute atomic E-state index is 0. The molecule has 0 heterocycles. The zero-order valence-electron chi connectivity index (χ0n) is 19.6.